The number of esters is 2. The number of carbonyl (C=O) groups is 2. The number of rotatable bonds is 6. The molecular weight excluding hydrogens is 412 g/mol. The van der Waals surface area contributed by atoms with Crippen LogP contribution in [0.25, 0.3) is 0 Å². The predicted octanol–water partition coefficient (Wildman–Crippen LogP) is 2.61. The Morgan fingerprint density at radius 3 is 2.35 bits per heavy atom. The third-order valence-corrected chi connectivity index (χ3v) is 5.06. The van der Waals surface area contributed by atoms with Gasteiger partial charge in [0.1, 0.15) is 22.6 Å². The van der Waals surface area contributed by atoms with Gasteiger partial charge in [0.15, 0.2) is 17.2 Å². The van der Waals surface area contributed by atoms with Crippen LogP contribution in [-0.4, -0.2) is 48.6 Å². The first-order valence-electron chi connectivity index (χ1n) is 9.11. The van der Waals surface area contributed by atoms with Crippen LogP contribution in [0.4, 0.5) is 0 Å². The molecule has 0 saturated carbocycles. The summed E-state index contributed by atoms with van der Waals surface area (Å²) in [4.78, 5) is 24.8. The SMILES string of the molecule is COC(=O)c1c(C)cc(OC)c(CO)c1Oc1c(O)c(C)c(O)c2c1C(OC)OC2=O. The molecule has 0 bridgehead atoms. The molecule has 0 aliphatic carbocycles. The third-order valence-electron chi connectivity index (χ3n) is 5.06. The molecule has 1 unspecified atom stereocenters. The Labute approximate surface area is 177 Å². The van der Waals surface area contributed by atoms with Gasteiger partial charge in [0, 0.05) is 12.7 Å². The van der Waals surface area contributed by atoms with Crippen molar-refractivity contribution in [3.63, 3.8) is 0 Å². The molecule has 1 aliphatic heterocycles. The lowest BCUT2D eigenvalue weighted by Gasteiger charge is -2.21. The van der Waals surface area contributed by atoms with Crippen LogP contribution in [0.5, 0.6) is 28.7 Å². The molecule has 1 atom stereocenters. The zero-order valence-electron chi connectivity index (χ0n) is 17.6. The molecule has 0 aromatic heterocycles. The number of fused-ring (bicyclic) bond motifs is 1. The average molecular weight is 434 g/mol. The monoisotopic (exact) mass is 434 g/mol. The van der Waals surface area contributed by atoms with Gasteiger partial charge in [-0.3, -0.25) is 0 Å². The Hall–Kier alpha value is -3.50. The van der Waals surface area contributed by atoms with E-state index in [0.29, 0.717) is 5.56 Å². The lowest BCUT2D eigenvalue weighted by atomic mass is 9.99. The molecule has 3 N–H and O–H groups in total. The quantitative estimate of drug-likeness (QED) is 0.581. The summed E-state index contributed by atoms with van der Waals surface area (Å²) in [5.74, 6) is -2.82. The minimum absolute atomic E-state index is 0.0227. The smallest absolute Gasteiger partial charge is 0.345 e. The highest BCUT2D eigenvalue weighted by Crippen LogP contribution is 2.52. The van der Waals surface area contributed by atoms with Gasteiger partial charge in [-0.15, -0.1) is 0 Å². The number of phenolic OH excluding ortho intramolecular Hbond substituents is 2. The summed E-state index contributed by atoms with van der Waals surface area (Å²) in [5, 5.41) is 31.1. The van der Waals surface area contributed by atoms with E-state index in [-0.39, 0.29) is 45.1 Å². The molecule has 166 valence electrons. The molecule has 2 aromatic carbocycles. The topological polar surface area (TPSA) is 141 Å². The van der Waals surface area contributed by atoms with E-state index in [2.05, 4.69) is 0 Å². The van der Waals surface area contributed by atoms with Crippen LogP contribution in [0.2, 0.25) is 0 Å². The number of aryl methyl sites for hydroxylation is 1. The molecular formula is C21H22O10. The van der Waals surface area contributed by atoms with Crippen LogP contribution in [0, 0.1) is 13.8 Å². The zero-order chi connectivity index (χ0) is 23.0. The largest absolute Gasteiger partial charge is 0.507 e. The number of hydrogen-bond donors (Lipinski definition) is 3. The zero-order valence-corrected chi connectivity index (χ0v) is 17.6. The van der Waals surface area contributed by atoms with Gasteiger partial charge in [-0.1, -0.05) is 0 Å². The van der Waals surface area contributed by atoms with Gasteiger partial charge in [-0.25, -0.2) is 9.59 Å². The minimum atomic E-state index is -1.28. The molecule has 31 heavy (non-hydrogen) atoms. The number of benzene rings is 2. The Morgan fingerprint density at radius 2 is 1.81 bits per heavy atom. The standard InChI is InChI=1S/C21H22O10/c1-8-6-11(27-3)10(7-22)17(12(8)19(25)28-4)30-18-14-13(15(23)9(2)16(18)24)20(26)31-21(14)29-5/h6,21-24H,7H2,1-5H3. The second-order valence-electron chi connectivity index (χ2n) is 6.74. The Bertz CT molecular complexity index is 1070. The number of aliphatic hydroxyl groups is 1. The van der Waals surface area contributed by atoms with Crippen molar-refractivity contribution in [1.82, 2.24) is 0 Å². The second-order valence-corrected chi connectivity index (χ2v) is 6.74. The fourth-order valence-electron chi connectivity index (χ4n) is 3.45. The molecule has 2 aromatic rings. The van der Waals surface area contributed by atoms with Crippen molar-refractivity contribution in [1.29, 1.82) is 0 Å². The van der Waals surface area contributed by atoms with Crippen molar-refractivity contribution in [3.8, 4) is 28.7 Å². The molecule has 10 heteroatoms. The molecule has 0 saturated heterocycles. The first kappa shape index (κ1) is 22.2. The van der Waals surface area contributed by atoms with E-state index in [1.165, 1.54) is 34.3 Å². The number of carbonyl (C=O) groups excluding carboxylic acids is 2. The average Bonchev–Trinajstić information content (AvgIpc) is 3.10. The van der Waals surface area contributed by atoms with Crippen molar-refractivity contribution >= 4 is 11.9 Å². The van der Waals surface area contributed by atoms with Gasteiger partial charge in [-0.05, 0) is 25.5 Å². The van der Waals surface area contributed by atoms with Gasteiger partial charge >= 0.3 is 11.9 Å². The summed E-state index contributed by atoms with van der Waals surface area (Å²) in [7, 11) is 3.82. The number of methoxy groups -OCH3 is 3. The van der Waals surface area contributed by atoms with E-state index in [4.69, 9.17) is 23.7 Å². The van der Waals surface area contributed by atoms with Gasteiger partial charge in [-0.2, -0.15) is 0 Å². The van der Waals surface area contributed by atoms with Crippen LogP contribution in [0.1, 0.15) is 49.3 Å². The van der Waals surface area contributed by atoms with E-state index in [0.717, 1.165) is 0 Å². The van der Waals surface area contributed by atoms with E-state index in [1.54, 1.807) is 6.92 Å². The normalized spacial score (nSPS) is 14.8. The van der Waals surface area contributed by atoms with Crippen LogP contribution >= 0.6 is 0 Å². The molecule has 0 amide bonds. The van der Waals surface area contributed by atoms with Gasteiger partial charge in [0.05, 0.1) is 32.0 Å². The maximum atomic E-state index is 12.5. The molecule has 10 nitrogen and oxygen atoms in total. The van der Waals surface area contributed by atoms with E-state index in [9.17, 15) is 24.9 Å². The first-order valence-corrected chi connectivity index (χ1v) is 9.11. The van der Waals surface area contributed by atoms with Gasteiger partial charge in [0.2, 0.25) is 6.29 Å². The van der Waals surface area contributed by atoms with E-state index >= 15 is 0 Å². The molecule has 0 spiro atoms. The summed E-state index contributed by atoms with van der Waals surface area (Å²) in [5.41, 5.74) is 0.151. The maximum absolute atomic E-state index is 12.5. The van der Waals surface area contributed by atoms with Crippen molar-refractivity contribution < 1.29 is 48.6 Å². The van der Waals surface area contributed by atoms with Crippen molar-refractivity contribution in [2.24, 2.45) is 0 Å². The number of phenols is 2. The summed E-state index contributed by atoms with van der Waals surface area (Å²) in [6, 6.07) is 1.53. The number of cyclic esters (lactones) is 1. The van der Waals surface area contributed by atoms with Gasteiger partial charge in [0.25, 0.3) is 0 Å². The molecule has 1 aliphatic rings. The molecule has 1 heterocycles. The highest BCUT2D eigenvalue weighted by atomic mass is 16.7. The summed E-state index contributed by atoms with van der Waals surface area (Å²) in [6.07, 6.45) is -1.28. The van der Waals surface area contributed by atoms with E-state index in [1.807, 2.05) is 0 Å². The number of ether oxygens (including phenoxy) is 5. The Kier molecular flexibility index (Phi) is 5.96. The highest BCUT2D eigenvalue weighted by molar-refractivity contribution is 5.99. The summed E-state index contributed by atoms with van der Waals surface area (Å²) < 4.78 is 26.3. The molecule has 0 fully saturated rings. The highest BCUT2D eigenvalue weighted by Gasteiger charge is 2.41. The summed E-state index contributed by atoms with van der Waals surface area (Å²) >= 11 is 0. The van der Waals surface area contributed by atoms with Crippen molar-refractivity contribution in [3.05, 3.63) is 39.4 Å². The fraction of sp³-hybridized carbons (Fsp3) is 0.333. The fourth-order valence-corrected chi connectivity index (χ4v) is 3.45. The van der Waals surface area contributed by atoms with Crippen LogP contribution in [0.3, 0.4) is 0 Å². The maximum Gasteiger partial charge on any atom is 0.345 e. The van der Waals surface area contributed by atoms with Crippen molar-refractivity contribution in [2.75, 3.05) is 21.3 Å². The Morgan fingerprint density at radius 1 is 1.13 bits per heavy atom. The van der Waals surface area contributed by atoms with Crippen LogP contribution in [-0.2, 0) is 20.8 Å². The lowest BCUT2D eigenvalue weighted by Crippen LogP contribution is -2.11. The van der Waals surface area contributed by atoms with Crippen molar-refractivity contribution in [2.45, 2.75) is 26.7 Å². The predicted molar refractivity (Wildman–Crippen MR) is 105 cm³/mol. The van der Waals surface area contributed by atoms with Crippen LogP contribution < -0.4 is 9.47 Å². The van der Waals surface area contributed by atoms with Gasteiger partial charge < -0.3 is 39.0 Å². The number of hydrogen-bond acceptors (Lipinski definition) is 10. The Balaban J connectivity index is 2.36. The lowest BCUT2D eigenvalue weighted by molar-refractivity contribution is -0.0823. The van der Waals surface area contributed by atoms with Crippen LogP contribution in [0.15, 0.2) is 6.07 Å². The second kappa shape index (κ2) is 8.32. The molecule has 3 rings (SSSR count). The number of aliphatic hydroxyl groups excluding tert-OH is 1. The number of aromatic hydroxyl groups is 2. The van der Waals surface area contributed by atoms with E-state index < -0.39 is 36.3 Å². The first-order chi connectivity index (χ1) is 14.7. The summed E-state index contributed by atoms with van der Waals surface area (Å²) in [6.45, 7) is 2.40. The third kappa shape index (κ3) is 3.39. The minimum Gasteiger partial charge on any atom is -0.507 e. The molecule has 0 radical (unpaired) electrons.